The average molecular weight is 379 g/mol. The van der Waals surface area contributed by atoms with Gasteiger partial charge < -0.3 is 9.42 Å². The van der Waals surface area contributed by atoms with Gasteiger partial charge in [0.1, 0.15) is 10.6 Å². The van der Waals surface area contributed by atoms with Crippen LogP contribution in [0.2, 0.25) is 0 Å². The van der Waals surface area contributed by atoms with Crippen molar-refractivity contribution < 1.29 is 26.2 Å². The van der Waals surface area contributed by atoms with Gasteiger partial charge in [-0.25, -0.2) is 16.8 Å². The van der Waals surface area contributed by atoms with Gasteiger partial charge in [-0.05, 0) is 20.3 Å². The first-order valence-electron chi connectivity index (χ1n) is 7.31. The highest BCUT2D eigenvalue weighted by molar-refractivity contribution is 7.91. The van der Waals surface area contributed by atoms with E-state index in [1.54, 1.807) is 0 Å². The highest BCUT2D eigenvalue weighted by atomic mass is 32.2. The predicted molar refractivity (Wildman–Crippen MR) is 85.6 cm³/mol. The van der Waals surface area contributed by atoms with Gasteiger partial charge in [-0.2, -0.15) is 4.31 Å². The van der Waals surface area contributed by atoms with E-state index in [0.29, 0.717) is 6.42 Å². The first-order chi connectivity index (χ1) is 11.0. The Labute approximate surface area is 141 Å². The van der Waals surface area contributed by atoms with Crippen LogP contribution in [0.25, 0.3) is 0 Å². The van der Waals surface area contributed by atoms with Crippen molar-refractivity contribution in [2.75, 3.05) is 32.1 Å². The minimum Gasteiger partial charge on any atom is -0.360 e. The molecule has 1 saturated heterocycles. The smallest absolute Gasteiger partial charge is 0.248 e. The highest BCUT2D eigenvalue weighted by Crippen LogP contribution is 2.23. The Morgan fingerprint density at radius 2 is 1.96 bits per heavy atom. The summed E-state index contributed by atoms with van der Waals surface area (Å²) in [6, 6.07) is -0.419. The van der Waals surface area contributed by atoms with E-state index in [-0.39, 0.29) is 34.4 Å². The maximum atomic E-state index is 12.6. The largest absolute Gasteiger partial charge is 0.360 e. The summed E-state index contributed by atoms with van der Waals surface area (Å²) in [5.41, 5.74) is 0.224. The first-order valence-corrected chi connectivity index (χ1v) is 10.6. The molecular weight excluding hydrogens is 358 g/mol. The van der Waals surface area contributed by atoms with Crippen LogP contribution in [0.5, 0.6) is 0 Å². The van der Waals surface area contributed by atoms with Crippen molar-refractivity contribution in [2.45, 2.75) is 31.2 Å². The number of carbonyl (C=O) groups is 1. The van der Waals surface area contributed by atoms with Gasteiger partial charge in [0.2, 0.25) is 15.9 Å². The van der Waals surface area contributed by atoms with Gasteiger partial charge in [0, 0.05) is 20.1 Å². The highest BCUT2D eigenvalue weighted by Gasteiger charge is 2.35. The molecule has 0 N–H and O–H groups in total. The van der Waals surface area contributed by atoms with E-state index in [2.05, 4.69) is 5.16 Å². The third kappa shape index (κ3) is 3.62. The lowest BCUT2D eigenvalue weighted by atomic mass is 10.2. The van der Waals surface area contributed by atoms with E-state index in [0.717, 1.165) is 4.31 Å². The van der Waals surface area contributed by atoms with Gasteiger partial charge in [0.05, 0.1) is 18.1 Å². The van der Waals surface area contributed by atoms with Gasteiger partial charge >= 0.3 is 0 Å². The Kier molecular flexibility index (Phi) is 5.07. The molecule has 11 heteroatoms. The second-order valence-electron chi connectivity index (χ2n) is 5.98. The standard InChI is InChI=1S/C13H21N3O6S2/c1-9-13(10(2)22-14-9)24(20,21)15(3)7-12(17)16(4)11-5-6-23(18,19)8-11/h11H,5-8H2,1-4H3. The Morgan fingerprint density at radius 3 is 2.42 bits per heavy atom. The number of hydrogen-bond acceptors (Lipinski definition) is 7. The van der Waals surface area contributed by atoms with Crippen molar-refractivity contribution in [1.82, 2.24) is 14.4 Å². The number of likely N-dealkylation sites (N-methyl/N-ethyl adjacent to an activating group) is 2. The van der Waals surface area contributed by atoms with Gasteiger partial charge in [-0.1, -0.05) is 5.16 Å². The predicted octanol–water partition coefficient (Wildman–Crippen LogP) is -0.443. The number of carbonyl (C=O) groups excluding carboxylic acids is 1. The minimum atomic E-state index is -3.92. The zero-order valence-corrected chi connectivity index (χ0v) is 15.6. The van der Waals surface area contributed by atoms with E-state index in [9.17, 15) is 21.6 Å². The molecule has 0 radical (unpaired) electrons. The van der Waals surface area contributed by atoms with Gasteiger partial charge in [0.25, 0.3) is 0 Å². The molecule has 1 unspecified atom stereocenters. The molecule has 1 aliphatic heterocycles. The SMILES string of the molecule is Cc1noc(C)c1S(=O)(=O)N(C)CC(=O)N(C)C1CCS(=O)(=O)C1. The van der Waals surface area contributed by atoms with Crippen LogP contribution in [-0.2, 0) is 24.7 Å². The summed E-state index contributed by atoms with van der Waals surface area (Å²) in [6.45, 7) is 2.60. The van der Waals surface area contributed by atoms with Crippen LogP contribution in [0, 0.1) is 13.8 Å². The summed E-state index contributed by atoms with van der Waals surface area (Å²) in [4.78, 5) is 13.6. The van der Waals surface area contributed by atoms with Crippen LogP contribution in [0.15, 0.2) is 9.42 Å². The summed E-state index contributed by atoms with van der Waals surface area (Å²) in [5, 5.41) is 3.62. The summed E-state index contributed by atoms with van der Waals surface area (Å²) in [6.07, 6.45) is 0.366. The number of sulfone groups is 1. The van der Waals surface area contributed by atoms with Crippen molar-refractivity contribution in [3.8, 4) is 0 Å². The molecule has 136 valence electrons. The van der Waals surface area contributed by atoms with E-state index in [1.807, 2.05) is 0 Å². The Bertz CT molecular complexity index is 824. The molecular formula is C13H21N3O6S2. The monoisotopic (exact) mass is 379 g/mol. The number of amides is 1. The van der Waals surface area contributed by atoms with Crippen LogP contribution in [-0.4, -0.2) is 75.3 Å². The van der Waals surface area contributed by atoms with Crippen LogP contribution in [0.4, 0.5) is 0 Å². The number of aromatic nitrogens is 1. The Morgan fingerprint density at radius 1 is 1.33 bits per heavy atom. The molecule has 0 aliphatic carbocycles. The fourth-order valence-corrected chi connectivity index (χ4v) is 5.85. The Balaban J connectivity index is 2.11. The van der Waals surface area contributed by atoms with Gasteiger partial charge in [-0.15, -0.1) is 0 Å². The Hall–Kier alpha value is -1.46. The van der Waals surface area contributed by atoms with E-state index in [1.165, 1.54) is 32.8 Å². The quantitative estimate of drug-likeness (QED) is 0.680. The molecule has 24 heavy (non-hydrogen) atoms. The topological polar surface area (TPSA) is 118 Å². The lowest BCUT2D eigenvalue weighted by Crippen LogP contribution is -2.44. The molecule has 0 spiro atoms. The van der Waals surface area contributed by atoms with Crippen molar-refractivity contribution in [3.63, 3.8) is 0 Å². The molecule has 2 rings (SSSR count). The maximum Gasteiger partial charge on any atom is 0.248 e. The molecule has 1 aromatic heterocycles. The fraction of sp³-hybridized carbons (Fsp3) is 0.692. The number of rotatable bonds is 5. The summed E-state index contributed by atoms with van der Waals surface area (Å²) in [5.74, 6) is -0.352. The summed E-state index contributed by atoms with van der Waals surface area (Å²) in [7, 11) is -4.26. The average Bonchev–Trinajstić information content (AvgIpc) is 3.00. The van der Waals surface area contributed by atoms with Crippen LogP contribution >= 0.6 is 0 Å². The molecule has 1 aliphatic rings. The number of aryl methyl sites for hydroxylation is 2. The molecule has 1 aromatic rings. The molecule has 2 heterocycles. The second kappa shape index (κ2) is 6.45. The molecule has 1 atom stereocenters. The normalized spacial score (nSPS) is 20.5. The molecule has 0 aromatic carbocycles. The van der Waals surface area contributed by atoms with Crippen LogP contribution in [0.1, 0.15) is 17.9 Å². The van der Waals surface area contributed by atoms with Crippen molar-refractivity contribution in [2.24, 2.45) is 0 Å². The molecule has 1 amide bonds. The summed E-state index contributed by atoms with van der Waals surface area (Å²) < 4.78 is 54.0. The van der Waals surface area contributed by atoms with Crippen molar-refractivity contribution in [1.29, 1.82) is 0 Å². The summed E-state index contributed by atoms with van der Waals surface area (Å²) >= 11 is 0. The number of nitrogens with zero attached hydrogens (tertiary/aromatic N) is 3. The fourth-order valence-electron chi connectivity index (χ4n) is 2.67. The lowest BCUT2D eigenvalue weighted by Gasteiger charge is -2.26. The second-order valence-corrected chi connectivity index (χ2v) is 10.2. The van der Waals surface area contributed by atoms with Crippen LogP contribution in [0.3, 0.4) is 0 Å². The lowest BCUT2D eigenvalue weighted by molar-refractivity contribution is -0.131. The molecule has 0 saturated carbocycles. The van der Waals surface area contributed by atoms with E-state index >= 15 is 0 Å². The first kappa shape index (κ1) is 18.9. The van der Waals surface area contributed by atoms with E-state index < -0.39 is 31.8 Å². The maximum absolute atomic E-state index is 12.6. The third-order valence-corrected chi connectivity index (χ3v) is 7.94. The zero-order chi connectivity index (χ0) is 18.3. The number of sulfonamides is 1. The minimum absolute atomic E-state index is 0.0441. The number of hydrogen-bond donors (Lipinski definition) is 0. The van der Waals surface area contributed by atoms with Crippen molar-refractivity contribution >= 4 is 25.8 Å². The zero-order valence-electron chi connectivity index (χ0n) is 14.0. The van der Waals surface area contributed by atoms with Gasteiger partial charge in [0.15, 0.2) is 15.6 Å². The van der Waals surface area contributed by atoms with Gasteiger partial charge in [-0.3, -0.25) is 4.79 Å². The molecule has 1 fully saturated rings. The van der Waals surface area contributed by atoms with Crippen LogP contribution < -0.4 is 0 Å². The van der Waals surface area contributed by atoms with Crippen molar-refractivity contribution in [3.05, 3.63) is 11.5 Å². The third-order valence-electron chi connectivity index (χ3n) is 4.14. The molecule has 0 bridgehead atoms. The molecule has 9 nitrogen and oxygen atoms in total. The van der Waals surface area contributed by atoms with E-state index in [4.69, 9.17) is 4.52 Å².